The van der Waals surface area contributed by atoms with Crippen LogP contribution < -0.4 is 0 Å². The number of likely N-dealkylation sites (tertiary alicyclic amines) is 1. The first-order chi connectivity index (χ1) is 8.72. The Kier molecular flexibility index (Phi) is 2.59. The molecule has 18 heavy (non-hydrogen) atoms. The van der Waals surface area contributed by atoms with Gasteiger partial charge in [0, 0.05) is 26.0 Å². The van der Waals surface area contributed by atoms with Crippen molar-refractivity contribution in [2.45, 2.75) is 18.9 Å². The Balaban J connectivity index is 1.99. The third-order valence-corrected chi connectivity index (χ3v) is 3.61. The van der Waals surface area contributed by atoms with Crippen molar-refractivity contribution in [3.05, 3.63) is 24.2 Å². The van der Waals surface area contributed by atoms with Crippen LogP contribution >= 0.6 is 0 Å². The van der Waals surface area contributed by atoms with Gasteiger partial charge in [-0.1, -0.05) is 0 Å². The number of hydrogen-bond donors (Lipinski definition) is 1. The van der Waals surface area contributed by atoms with Gasteiger partial charge in [0.25, 0.3) is 5.91 Å². The molecule has 0 bridgehead atoms. The van der Waals surface area contributed by atoms with Crippen molar-refractivity contribution in [1.29, 1.82) is 0 Å². The molecule has 0 radical (unpaired) electrons. The van der Waals surface area contributed by atoms with Gasteiger partial charge in [0.2, 0.25) is 0 Å². The average molecular weight is 248 g/mol. The van der Waals surface area contributed by atoms with Crippen LogP contribution in [-0.2, 0) is 7.05 Å². The maximum absolute atomic E-state index is 12.5. The summed E-state index contributed by atoms with van der Waals surface area (Å²) in [5.74, 6) is -0.0386. The Labute approximate surface area is 104 Å². The molecule has 1 aliphatic rings. The van der Waals surface area contributed by atoms with Gasteiger partial charge < -0.3 is 14.6 Å². The number of hydrogen-bond acceptors (Lipinski definition) is 3. The first kappa shape index (κ1) is 11.3. The molecule has 1 aliphatic heterocycles. The largest absolute Gasteiger partial charge is 0.394 e. The van der Waals surface area contributed by atoms with Crippen molar-refractivity contribution in [3.63, 3.8) is 0 Å². The van der Waals surface area contributed by atoms with Crippen LogP contribution in [-0.4, -0.2) is 49.3 Å². The van der Waals surface area contributed by atoms with E-state index in [1.807, 2.05) is 24.0 Å². The second kappa shape index (κ2) is 4.13. The summed E-state index contributed by atoms with van der Waals surface area (Å²) in [4.78, 5) is 14.2. The highest BCUT2D eigenvalue weighted by Crippen LogP contribution is 2.21. The quantitative estimate of drug-likeness (QED) is 0.829. The lowest BCUT2D eigenvalue weighted by atomic mass is 10.2. The fourth-order valence-electron chi connectivity index (χ4n) is 2.65. The average Bonchev–Trinajstić information content (AvgIpc) is 3.05. The van der Waals surface area contributed by atoms with Gasteiger partial charge in [0.15, 0.2) is 0 Å². The Morgan fingerprint density at radius 1 is 1.56 bits per heavy atom. The van der Waals surface area contributed by atoms with E-state index in [2.05, 4.69) is 5.10 Å². The van der Waals surface area contributed by atoms with Crippen LogP contribution in [0.25, 0.3) is 5.65 Å². The SMILES string of the molecule is Cn1ccn2ncc(C(=O)N3CCC[C@@H]3CO)c12. The van der Waals surface area contributed by atoms with E-state index in [4.69, 9.17) is 0 Å². The maximum atomic E-state index is 12.5. The number of aliphatic hydroxyl groups is 1. The van der Waals surface area contributed by atoms with Crippen molar-refractivity contribution in [1.82, 2.24) is 19.1 Å². The van der Waals surface area contributed by atoms with E-state index in [0.29, 0.717) is 12.1 Å². The number of carbonyl (C=O) groups excluding carboxylic acids is 1. The zero-order valence-electron chi connectivity index (χ0n) is 10.3. The number of aliphatic hydroxyl groups excluding tert-OH is 1. The summed E-state index contributed by atoms with van der Waals surface area (Å²) in [5, 5.41) is 13.5. The molecule has 0 aliphatic carbocycles. The highest BCUT2D eigenvalue weighted by Gasteiger charge is 2.30. The number of imidazole rings is 1. The number of nitrogens with zero attached hydrogens (tertiary/aromatic N) is 4. The molecular weight excluding hydrogens is 232 g/mol. The molecule has 1 N–H and O–H groups in total. The van der Waals surface area contributed by atoms with Crippen LogP contribution in [0.4, 0.5) is 0 Å². The first-order valence-corrected chi connectivity index (χ1v) is 6.13. The van der Waals surface area contributed by atoms with E-state index in [0.717, 1.165) is 18.5 Å². The zero-order valence-corrected chi connectivity index (χ0v) is 10.3. The maximum Gasteiger partial charge on any atom is 0.259 e. The fourth-order valence-corrected chi connectivity index (χ4v) is 2.65. The lowest BCUT2D eigenvalue weighted by molar-refractivity contribution is 0.0679. The molecule has 2 aromatic rings. The molecule has 6 heteroatoms. The van der Waals surface area contributed by atoms with Crippen LogP contribution in [0, 0.1) is 0 Å². The van der Waals surface area contributed by atoms with E-state index in [9.17, 15) is 9.90 Å². The van der Waals surface area contributed by atoms with Crippen LogP contribution in [0.2, 0.25) is 0 Å². The van der Waals surface area contributed by atoms with Gasteiger partial charge >= 0.3 is 0 Å². The number of aromatic nitrogens is 3. The summed E-state index contributed by atoms with van der Waals surface area (Å²) in [7, 11) is 1.89. The third-order valence-electron chi connectivity index (χ3n) is 3.61. The van der Waals surface area contributed by atoms with Crippen molar-refractivity contribution in [2.24, 2.45) is 7.05 Å². The molecule has 1 atom stereocenters. The second-order valence-electron chi connectivity index (χ2n) is 4.71. The molecular formula is C12H16N4O2. The minimum Gasteiger partial charge on any atom is -0.394 e. The van der Waals surface area contributed by atoms with Crippen molar-refractivity contribution < 1.29 is 9.90 Å². The van der Waals surface area contributed by atoms with E-state index in [1.165, 1.54) is 0 Å². The zero-order chi connectivity index (χ0) is 12.7. The van der Waals surface area contributed by atoms with Gasteiger partial charge in [-0.3, -0.25) is 4.79 Å². The highest BCUT2D eigenvalue weighted by atomic mass is 16.3. The number of carbonyl (C=O) groups is 1. The molecule has 6 nitrogen and oxygen atoms in total. The van der Waals surface area contributed by atoms with Gasteiger partial charge in [-0.05, 0) is 12.8 Å². The Bertz CT molecular complexity index is 586. The van der Waals surface area contributed by atoms with Crippen LogP contribution in [0.5, 0.6) is 0 Å². The van der Waals surface area contributed by atoms with Crippen LogP contribution in [0.3, 0.4) is 0 Å². The Hall–Kier alpha value is -1.82. The van der Waals surface area contributed by atoms with E-state index >= 15 is 0 Å². The smallest absolute Gasteiger partial charge is 0.259 e. The summed E-state index contributed by atoms with van der Waals surface area (Å²) < 4.78 is 3.57. The summed E-state index contributed by atoms with van der Waals surface area (Å²) in [6.07, 6.45) is 7.12. The summed E-state index contributed by atoms with van der Waals surface area (Å²) in [6.45, 7) is 0.745. The Morgan fingerprint density at radius 3 is 3.17 bits per heavy atom. The lowest BCUT2D eigenvalue weighted by Crippen LogP contribution is -2.37. The molecule has 0 spiro atoms. The number of rotatable bonds is 2. The molecule has 0 aromatic carbocycles. The standard InChI is InChI=1S/C12H16N4O2/c1-14-5-6-16-11(14)10(7-13-16)12(18)15-4-2-3-9(15)8-17/h5-7,9,17H,2-4,8H2,1H3/t9-/m1/s1. The normalized spacial score (nSPS) is 19.9. The summed E-state index contributed by atoms with van der Waals surface area (Å²) in [5.41, 5.74) is 1.39. The lowest BCUT2D eigenvalue weighted by Gasteiger charge is -2.22. The van der Waals surface area contributed by atoms with Gasteiger partial charge in [0.05, 0.1) is 18.8 Å². The fraction of sp³-hybridized carbons (Fsp3) is 0.500. The van der Waals surface area contributed by atoms with Gasteiger partial charge in [-0.15, -0.1) is 0 Å². The van der Waals surface area contributed by atoms with Gasteiger partial charge in [-0.2, -0.15) is 5.10 Å². The minimum absolute atomic E-state index is 0.0311. The minimum atomic E-state index is -0.0484. The molecule has 1 saturated heterocycles. The van der Waals surface area contributed by atoms with E-state index in [1.54, 1.807) is 15.6 Å². The molecule has 1 amide bonds. The monoisotopic (exact) mass is 248 g/mol. The van der Waals surface area contributed by atoms with E-state index < -0.39 is 0 Å². The Morgan fingerprint density at radius 2 is 2.39 bits per heavy atom. The first-order valence-electron chi connectivity index (χ1n) is 6.13. The molecule has 3 heterocycles. The third kappa shape index (κ3) is 1.53. The van der Waals surface area contributed by atoms with Crippen LogP contribution in [0.15, 0.2) is 18.6 Å². The number of fused-ring (bicyclic) bond motifs is 1. The predicted octanol–water partition coefficient (Wildman–Crippen LogP) is 0.270. The van der Waals surface area contributed by atoms with E-state index in [-0.39, 0.29) is 18.6 Å². The molecule has 1 fully saturated rings. The predicted molar refractivity (Wildman–Crippen MR) is 65.3 cm³/mol. The number of amides is 1. The van der Waals surface area contributed by atoms with Crippen molar-refractivity contribution in [2.75, 3.05) is 13.2 Å². The summed E-state index contributed by atoms with van der Waals surface area (Å²) in [6, 6.07) is -0.0484. The molecule has 2 aromatic heterocycles. The molecule has 3 rings (SSSR count). The van der Waals surface area contributed by atoms with Gasteiger partial charge in [-0.25, -0.2) is 4.52 Å². The molecule has 0 saturated carbocycles. The molecule has 0 unspecified atom stereocenters. The second-order valence-corrected chi connectivity index (χ2v) is 4.71. The topological polar surface area (TPSA) is 62.8 Å². The van der Waals surface area contributed by atoms with Crippen molar-refractivity contribution in [3.8, 4) is 0 Å². The highest BCUT2D eigenvalue weighted by molar-refractivity contribution is 6.00. The van der Waals surface area contributed by atoms with Crippen LogP contribution in [0.1, 0.15) is 23.2 Å². The van der Waals surface area contributed by atoms with Crippen molar-refractivity contribution >= 4 is 11.6 Å². The summed E-state index contributed by atoms with van der Waals surface area (Å²) >= 11 is 0. The molecule has 96 valence electrons. The number of aryl methyl sites for hydroxylation is 1. The van der Waals surface area contributed by atoms with Gasteiger partial charge in [0.1, 0.15) is 11.2 Å².